The third-order valence-corrected chi connectivity index (χ3v) is 6.31. The van der Waals surface area contributed by atoms with Gasteiger partial charge in [0.2, 0.25) is 11.5 Å². The Labute approximate surface area is 170 Å². The maximum atomic E-state index is 13.8. The van der Waals surface area contributed by atoms with Gasteiger partial charge in [0.1, 0.15) is 5.82 Å². The Morgan fingerprint density at radius 1 is 1.32 bits per heavy atom. The van der Waals surface area contributed by atoms with Crippen molar-refractivity contribution in [3.63, 3.8) is 0 Å². The molecule has 1 atom stereocenters. The highest BCUT2D eigenvalue weighted by molar-refractivity contribution is 7.16. The van der Waals surface area contributed by atoms with Gasteiger partial charge in [0.25, 0.3) is 5.91 Å². The third kappa shape index (κ3) is 2.47. The second-order valence-electron chi connectivity index (χ2n) is 6.61. The predicted octanol–water partition coefficient (Wildman–Crippen LogP) is 3.56. The number of carbonyl (C=O) groups excluding carboxylic acids is 1. The zero-order valence-electron chi connectivity index (χ0n) is 15.0. The maximum Gasteiger partial charge on any atom is 0.271 e. The molecule has 0 N–H and O–H groups in total. The molecule has 0 bridgehead atoms. The highest BCUT2D eigenvalue weighted by Crippen LogP contribution is 2.50. The number of methoxy groups -OCH3 is 1. The molecule has 5 heterocycles. The molecule has 0 saturated heterocycles. The Kier molecular flexibility index (Phi) is 4.12. The average molecular weight is 414 g/mol. The summed E-state index contributed by atoms with van der Waals surface area (Å²) in [5, 5.41) is 0. The number of rotatable bonds is 4. The molecule has 0 aromatic carbocycles. The second-order valence-corrected chi connectivity index (χ2v) is 8.41. The minimum absolute atomic E-state index is 0.188. The lowest BCUT2D eigenvalue weighted by atomic mass is 9.85. The Bertz CT molecular complexity index is 1090. The van der Waals surface area contributed by atoms with Crippen molar-refractivity contribution in [3.05, 3.63) is 68.6 Å². The fraction of sp³-hybridized carbons (Fsp3) is 0.250. The molecule has 0 aliphatic carbocycles. The van der Waals surface area contributed by atoms with E-state index in [0.717, 1.165) is 22.4 Å². The normalized spacial score (nSPS) is 20.4. The number of amides is 1. The van der Waals surface area contributed by atoms with Crippen LogP contribution in [0.2, 0.25) is 4.34 Å². The van der Waals surface area contributed by atoms with Gasteiger partial charge >= 0.3 is 0 Å². The number of anilines is 1. The summed E-state index contributed by atoms with van der Waals surface area (Å²) < 4.78 is 12.2. The van der Waals surface area contributed by atoms with E-state index in [2.05, 4.69) is 9.97 Å². The van der Waals surface area contributed by atoms with Gasteiger partial charge in [-0.3, -0.25) is 9.69 Å². The fourth-order valence-electron chi connectivity index (χ4n) is 3.90. The van der Waals surface area contributed by atoms with E-state index in [1.165, 1.54) is 11.3 Å². The Hall–Kier alpha value is -2.48. The molecule has 5 rings (SSSR count). The summed E-state index contributed by atoms with van der Waals surface area (Å²) in [6.07, 6.45) is 2.47. The predicted molar refractivity (Wildman–Crippen MR) is 106 cm³/mol. The molecule has 3 aromatic rings. The number of pyridine rings is 2. The van der Waals surface area contributed by atoms with Gasteiger partial charge < -0.3 is 9.47 Å². The van der Waals surface area contributed by atoms with Crippen LogP contribution >= 0.6 is 22.9 Å². The third-order valence-electron chi connectivity index (χ3n) is 5.10. The van der Waals surface area contributed by atoms with Crippen molar-refractivity contribution in [1.82, 2.24) is 9.97 Å². The summed E-state index contributed by atoms with van der Waals surface area (Å²) in [6, 6.07) is 11.1. The van der Waals surface area contributed by atoms with Gasteiger partial charge in [-0.25, -0.2) is 9.97 Å². The van der Waals surface area contributed by atoms with E-state index in [1.807, 2.05) is 24.3 Å². The van der Waals surface area contributed by atoms with Gasteiger partial charge in [0.15, 0.2) is 0 Å². The van der Waals surface area contributed by atoms with E-state index in [0.29, 0.717) is 34.9 Å². The molecule has 2 aliphatic rings. The minimum atomic E-state index is -1.30. The summed E-state index contributed by atoms with van der Waals surface area (Å²) in [6.45, 7) is 0.814. The first-order chi connectivity index (χ1) is 13.6. The number of carbonyl (C=O) groups is 1. The summed E-state index contributed by atoms with van der Waals surface area (Å²) in [5.74, 6) is 0.869. The van der Waals surface area contributed by atoms with Crippen LogP contribution in [-0.2, 0) is 28.1 Å². The van der Waals surface area contributed by atoms with E-state index >= 15 is 0 Å². The van der Waals surface area contributed by atoms with Gasteiger partial charge in [-0.2, -0.15) is 0 Å². The van der Waals surface area contributed by atoms with Crippen LogP contribution < -0.4 is 9.64 Å². The fourth-order valence-corrected chi connectivity index (χ4v) is 4.98. The summed E-state index contributed by atoms with van der Waals surface area (Å²) in [5.41, 5.74) is 1.06. The quantitative estimate of drug-likeness (QED) is 0.654. The smallest absolute Gasteiger partial charge is 0.271 e. The van der Waals surface area contributed by atoms with Crippen LogP contribution in [0.15, 0.2) is 42.6 Å². The monoisotopic (exact) mass is 413 g/mol. The first-order valence-corrected chi connectivity index (χ1v) is 10.0. The highest BCUT2D eigenvalue weighted by atomic mass is 35.5. The van der Waals surface area contributed by atoms with Crippen LogP contribution in [-0.4, -0.2) is 29.6 Å². The summed E-state index contributed by atoms with van der Waals surface area (Å²) in [7, 11) is 1.55. The maximum absolute atomic E-state index is 13.8. The van der Waals surface area contributed by atoms with E-state index in [-0.39, 0.29) is 5.91 Å². The van der Waals surface area contributed by atoms with Crippen LogP contribution in [0.4, 0.5) is 5.82 Å². The van der Waals surface area contributed by atoms with Gasteiger partial charge in [0, 0.05) is 22.7 Å². The second kappa shape index (κ2) is 6.55. The molecule has 142 valence electrons. The number of aromatic nitrogens is 2. The lowest BCUT2D eigenvalue weighted by Crippen LogP contribution is -2.46. The Morgan fingerprint density at radius 3 is 3.00 bits per heavy atom. The Balaban J connectivity index is 1.70. The van der Waals surface area contributed by atoms with Crippen molar-refractivity contribution < 1.29 is 14.3 Å². The highest BCUT2D eigenvalue weighted by Gasteiger charge is 2.58. The minimum Gasteiger partial charge on any atom is -0.481 e. The molecule has 1 amide bonds. The van der Waals surface area contributed by atoms with Crippen molar-refractivity contribution in [2.24, 2.45) is 0 Å². The van der Waals surface area contributed by atoms with Gasteiger partial charge in [-0.15, -0.1) is 11.3 Å². The standard InChI is InChI=1S/C20H16ClN3O3S/c1-26-16-4-2-3-14(23-16)20-17-12(8-10-27-20)7-9-22-18(17)24(19(20)25)11-13-5-6-15(21)28-13/h2-7,9H,8,10-11H2,1H3. The number of nitrogens with zero attached hydrogens (tertiary/aromatic N) is 3. The molecule has 0 saturated carbocycles. The van der Waals surface area contributed by atoms with Crippen molar-refractivity contribution in [3.8, 4) is 5.88 Å². The van der Waals surface area contributed by atoms with Gasteiger partial charge in [-0.1, -0.05) is 17.7 Å². The first kappa shape index (κ1) is 17.6. The molecular formula is C20H16ClN3O3S. The molecule has 0 fully saturated rings. The number of hydrogen-bond acceptors (Lipinski definition) is 6. The van der Waals surface area contributed by atoms with Crippen molar-refractivity contribution in [2.75, 3.05) is 18.6 Å². The summed E-state index contributed by atoms with van der Waals surface area (Å²) in [4.78, 5) is 25.5. The first-order valence-electron chi connectivity index (χ1n) is 8.83. The molecular weight excluding hydrogens is 398 g/mol. The Morgan fingerprint density at radius 2 is 2.21 bits per heavy atom. The lowest BCUT2D eigenvalue weighted by molar-refractivity contribution is -0.140. The van der Waals surface area contributed by atoms with Crippen LogP contribution in [0.3, 0.4) is 0 Å². The molecule has 28 heavy (non-hydrogen) atoms. The molecule has 1 unspecified atom stereocenters. The van der Waals surface area contributed by atoms with Crippen LogP contribution in [0.5, 0.6) is 5.88 Å². The largest absolute Gasteiger partial charge is 0.481 e. The van der Waals surface area contributed by atoms with Gasteiger partial charge in [-0.05, 0) is 36.2 Å². The van der Waals surface area contributed by atoms with Gasteiger partial charge in [0.05, 0.1) is 30.3 Å². The molecule has 2 aliphatic heterocycles. The number of halogens is 1. The number of ether oxygens (including phenoxy) is 2. The van der Waals surface area contributed by atoms with E-state index in [9.17, 15) is 4.79 Å². The van der Waals surface area contributed by atoms with Crippen LogP contribution in [0, 0.1) is 0 Å². The average Bonchev–Trinajstić information content (AvgIpc) is 3.25. The van der Waals surface area contributed by atoms with E-state index < -0.39 is 5.60 Å². The molecule has 8 heteroatoms. The molecule has 3 aromatic heterocycles. The van der Waals surface area contributed by atoms with Crippen LogP contribution in [0.1, 0.15) is 21.7 Å². The van der Waals surface area contributed by atoms with Crippen molar-refractivity contribution >= 4 is 34.7 Å². The zero-order valence-corrected chi connectivity index (χ0v) is 16.6. The number of hydrogen-bond donors (Lipinski definition) is 0. The zero-order chi connectivity index (χ0) is 19.3. The van der Waals surface area contributed by atoms with E-state index in [1.54, 1.807) is 30.3 Å². The molecule has 6 nitrogen and oxygen atoms in total. The SMILES string of the molecule is COc1cccc(C23OCCc4ccnc(c42)N(Cc2ccc(Cl)s2)C3=O)n1. The van der Waals surface area contributed by atoms with Crippen molar-refractivity contribution in [2.45, 2.75) is 18.6 Å². The van der Waals surface area contributed by atoms with Crippen LogP contribution in [0.25, 0.3) is 0 Å². The molecule has 0 radical (unpaired) electrons. The molecule has 0 spiro atoms. The topological polar surface area (TPSA) is 64.6 Å². The van der Waals surface area contributed by atoms with E-state index in [4.69, 9.17) is 21.1 Å². The lowest BCUT2D eigenvalue weighted by Gasteiger charge is -2.32. The number of thiophene rings is 1. The summed E-state index contributed by atoms with van der Waals surface area (Å²) >= 11 is 7.53. The van der Waals surface area contributed by atoms with Crippen molar-refractivity contribution in [1.29, 1.82) is 0 Å².